The molecule has 0 atom stereocenters. The zero-order chi connectivity index (χ0) is 12.7. The number of nitrogens with two attached hydrogens (primary N) is 1. The second-order valence-corrected chi connectivity index (χ2v) is 4.27. The third-order valence-corrected chi connectivity index (χ3v) is 2.53. The fraction of sp³-hybridized carbons (Fsp3) is 0.500. The van der Waals surface area contributed by atoms with E-state index in [9.17, 15) is 9.59 Å². The number of hydrogen-bond acceptors (Lipinski definition) is 5. The molecule has 0 saturated carbocycles. The van der Waals surface area contributed by atoms with Crippen LogP contribution in [0.5, 0.6) is 0 Å². The summed E-state index contributed by atoms with van der Waals surface area (Å²) >= 11 is 1.52. The number of aromatic nitrogens is 2. The third kappa shape index (κ3) is 4.58. The number of nitrogens with zero attached hydrogens (tertiary/aromatic N) is 1. The molecule has 0 saturated heterocycles. The van der Waals surface area contributed by atoms with Crippen molar-refractivity contribution in [3.8, 4) is 0 Å². The lowest BCUT2D eigenvalue weighted by Gasteiger charge is -2.04. The maximum atomic E-state index is 11.7. The van der Waals surface area contributed by atoms with E-state index >= 15 is 0 Å². The number of thioether (sulfide) groups is 1. The minimum absolute atomic E-state index is 0.148. The molecule has 0 bridgehead atoms. The van der Waals surface area contributed by atoms with Crippen molar-refractivity contribution in [3.63, 3.8) is 0 Å². The van der Waals surface area contributed by atoms with Crippen LogP contribution in [0.15, 0.2) is 10.9 Å². The summed E-state index contributed by atoms with van der Waals surface area (Å²) in [4.78, 5) is 29.6. The Morgan fingerprint density at radius 1 is 1.65 bits per heavy atom. The molecule has 0 aliphatic rings. The summed E-state index contributed by atoms with van der Waals surface area (Å²) in [5.41, 5.74) is 5.15. The van der Waals surface area contributed by atoms with Crippen molar-refractivity contribution in [2.75, 3.05) is 19.3 Å². The minimum Gasteiger partial charge on any atom is -0.351 e. The summed E-state index contributed by atoms with van der Waals surface area (Å²) in [6, 6.07) is 1.20. The summed E-state index contributed by atoms with van der Waals surface area (Å²) in [6.07, 6.45) is 2.60. The third-order valence-electron chi connectivity index (χ3n) is 1.97. The first-order valence-corrected chi connectivity index (χ1v) is 6.64. The molecule has 1 rings (SSSR count). The topological polar surface area (TPSA) is 101 Å². The highest BCUT2D eigenvalue weighted by atomic mass is 32.2. The smallest absolute Gasteiger partial charge is 0.270 e. The largest absolute Gasteiger partial charge is 0.351 e. The summed E-state index contributed by atoms with van der Waals surface area (Å²) in [6.45, 7) is 1.00. The number of hydrogen-bond donors (Lipinski definition) is 3. The highest BCUT2D eigenvalue weighted by molar-refractivity contribution is 7.97. The lowest BCUT2D eigenvalue weighted by atomic mass is 10.3. The highest BCUT2D eigenvalue weighted by Gasteiger charge is 2.09. The standard InChI is InChI=1S/C10H16N4O2S/c1-17-6-8-13-7(5-9(15)14-8)10(16)12-4-2-3-11/h5H,2-4,6,11H2,1H3,(H,12,16)(H,13,14,15). The molecule has 1 heterocycles. The van der Waals surface area contributed by atoms with E-state index in [0.717, 1.165) is 0 Å². The molecule has 1 aromatic heterocycles. The van der Waals surface area contributed by atoms with E-state index in [2.05, 4.69) is 15.3 Å². The van der Waals surface area contributed by atoms with Crippen molar-refractivity contribution in [1.82, 2.24) is 15.3 Å². The fourth-order valence-corrected chi connectivity index (χ4v) is 1.63. The molecule has 1 amide bonds. The molecule has 0 aromatic carbocycles. The quantitative estimate of drug-likeness (QED) is 0.607. The van der Waals surface area contributed by atoms with Crippen molar-refractivity contribution >= 4 is 17.7 Å². The van der Waals surface area contributed by atoms with Crippen LogP contribution in [0.2, 0.25) is 0 Å². The number of rotatable bonds is 6. The van der Waals surface area contributed by atoms with Crippen molar-refractivity contribution in [2.45, 2.75) is 12.2 Å². The number of H-pyrrole nitrogens is 1. The first-order chi connectivity index (χ1) is 8.17. The lowest BCUT2D eigenvalue weighted by Crippen LogP contribution is -2.28. The number of carbonyl (C=O) groups is 1. The molecule has 94 valence electrons. The summed E-state index contributed by atoms with van der Waals surface area (Å²) in [7, 11) is 0. The van der Waals surface area contributed by atoms with Gasteiger partial charge in [0, 0.05) is 12.6 Å². The predicted molar refractivity (Wildman–Crippen MR) is 68.1 cm³/mol. The van der Waals surface area contributed by atoms with Crippen molar-refractivity contribution < 1.29 is 4.79 Å². The Balaban J connectivity index is 2.75. The van der Waals surface area contributed by atoms with Gasteiger partial charge in [0.05, 0.1) is 5.75 Å². The van der Waals surface area contributed by atoms with Gasteiger partial charge in [-0.05, 0) is 19.2 Å². The van der Waals surface area contributed by atoms with Crippen LogP contribution in [-0.4, -0.2) is 35.2 Å². The van der Waals surface area contributed by atoms with E-state index in [-0.39, 0.29) is 17.2 Å². The van der Waals surface area contributed by atoms with Crippen LogP contribution in [0.3, 0.4) is 0 Å². The van der Waals surface area contributed by atoms with E-state index < -0.39 is 0 Å². The number of carbonyl (C=O) groups excluding carboxylic acids is 1. The first-order valence-electron chi connectivity index (χ1n) is 5.25. The average molecular weight is 256 g/mol. The number of amides is 1. The van der Waals surface area contributed by atoms with Crippen LogP contribution in [-0.2, 0) is 5.75 Å². The van der Waals surface area contributed by atoms with Crippen LogP contribution in [0.1, 0.15) is 22.7 Å². The van der Waals surface area contributed by atoms with Crippen LogP contribution in [0.4, 0.5) is 0 Å². The number of aromatic amines is 1. The van der Waals surface area contributed by atoms with Gasteiger partial charge < -0.3 is 16.0 Å². The zero-order valence-corrected chi connectivity index (χ0v) is 10.5. The molecule has 7 heteroatoms. The summed E-state index contributed by atoms with van der Waals surface area (Å²) in [5.74, 6) is 0.736. The molecule has 1 aromatic rings. The van der Waals surface area contributed by atoms with E-state index in [1.807, 2.05) is 6.26 Å². The van der Waals surface area contributed by atoms with Gasteiger partial charge in [-0.15, -0.1) is 0 Å². The molecular weight excluding hydrogens is 240 g/mol. The Hall–Kier alpha value is -1.34. The molecule has 6 nitrogen and oxygen atoms in total. The maximum absolute atomic E-state index is 11.7. The van der Waals surface area contributed by atoms with Crippen molar-refractivity contribution in [3.05, 3.63) is 27.9 Å². The molecule has 0 aliphatic heterocycles. The summed E-state index contributed by atoms with van der Waals surface area (Å²) in [5, 5.41) is 2.66. The van der Waals surface area contributed by atoms with Gasteiger partial charge in [0.25, 0.3) is 11.5 Å². The van der Waals surface area contributed by atoms with Crippen LogP contribution in [0.25, 0.3) is 0 Å². The molecule has 0 spiro atoms. The van der Waals surface area contributed by atoms with Crippen molar-refractivity contribution in [2.24, 2.45) is 5.73 Å². The van der Waals surface area contributed by atoms with E-state index in [4.69, 9.17) is 5.73 Å². The Kier molecular flexibility index (Phi) is 5.71. The first kappa shape index (κ1) is 13.7. The van der Waals surface area contributed by atoms with Gasteiger partial charge in [-0.2, -0.15) is 11.8 Å². The molecular formula is C10H16N4O2S. The SMILES string of the molecule is CSCc1nc(C(=O)NCCCN)cc(=O)[nH]1. The summed E-state index contributed by atoms with van der Waals surface area (Å²) < 4.78 is 0. The van der Waals surface area contributed by atoms with Gasteiger partial charge in [-0.1, -0.05) is 0 Å². The Bertz CT molecular complexity index is 433. The number of nitrogens with one attached hydrogen (secondary N) is 2. The molecule has 4 N–H and O–H groups in total. The second-order valence-electron chi connectivity index (χ2n) is 3.41. The second kappa shape index (κ2) is 7.08. The van der Waals surface area contributed by atoms with Crippen LogP contribution in [0, 0.1) is 0 Å². The van der Waals surface area contributed by atoms with Gasteiger partial charge in [0.15, 0.2) is 0 Å². The Morgan fingerprint density at radius 2 is 2.41 bits per heavy atom. The van der Waals surface area contributed by atoms with Gasteiger partial charge in [0.1, 0.15) is 11.5 Å². The van der Waals surface area contributed by atoms with E-state index in [1.54, 1.807) is 0 Å². The molecule has 0 fully saturated rings. The van der Waals surface area contributed by atoms with Gasteiger partial charge >= 0.3 is 0 Å². The molecule has 0 radical (unpaired) electrons. The normalized spacial score (nSPS) is 10.2. The van der Waals surface area contributed by atoms with Crippen LogP contribution < -0.4 is 16.6 Å². The van der Waals surface area contributed by atoms with Crippen molar-refractivity contribution in [1.29, 1.82) is 0 Å². The zero-order valence-electron chi connectivity index (χ0n) is 9.66. The minimum atomic E-state index is -0.341. The molecule has 0 unspecified atom stereocenters. The molecule has 0 aliphatic carbocycles. The predicted octanol–water partition coefficient (Wildman–Crippen LogP) is -0.288. The fourth-order valence-electron chi connectivity index (χ4n) is 1.22. The Morgan fingerprint density at radius 3 is 3.06 bits per heavy atom. The maximum Gasteiger partial charge on any atom is 0.270 e. The highest BCUT2D eigenvalue weighted by Crippen LogP contribution is 2.02. The average Bonchev–Trinajstić information content (AvgIpc) is 2.29. The lowest BCUT2D eigenvalue weighted by molar-refractivity contribution is 0.0948. The van der Waals surface area contributed by atoms with E-state index in [1.165, 1.54) is 17.8 Å². The van der Waals surface area contributed by atoms with E-state index in [0.29, 0.717) is 31.1 Å². The van der Waals surface area contributed by atoms with Gasteiger partial charge in [0.2, 0.25) is 0 Å². The van der Waals surface area contributed by atoms with Gasteiger partial charge in [-0.25, -0.2) is 4.98 Å². The van der Waals surface area contributed by atoms with Crippen LogP contribution >= 0.6 is 11.8 Å². The Labute approximate surface area is 103 Å². The molecule has 17 heavy (non-hydrogen) atoms. The van der Waals surface area contributed by atoms with Gasteiger partial charge in [-0.3, -0.25) is 9.59 Å². The monoisotopic (exact) mass is 256 g/mol.